The maximum Gasteiger partial charge on any atom is 0.0972 e. The molecule has 0 spiro atoms. The molecular formula is C22H31N. The average molecular weight is 309 g/mol. The van der Waals surface area contributed by atoms with Crippen molar-refractivity contribution in [2.45, 2.75) is 89.3 Å². The van der Waals surface area contributed by atoms with E-state index in [0.717, 1.165) is 0 Å². The van der Waals surface area contributed by atoms with Gasteiger partial charge in [-0.05, 0) is 38.2 Å². The molecule has 2 aliphatic rings. The Morgan fingerprint density at radius 1 is 0.870 bits per heavy atom. The van der Waals surface area contributed by atoms with Crippen molar-refractivity contribution in [3.05, 3.63) is 35.4 Å². The molecule has 0 amide bonds. The summed E-state index contributed by atoms with van der Waals surface area (Å²) in [5, 5.41) is 0. The van der Waals surface area contributed by atoms with Crippen molar-refractivity contribution in [2.24, 2.45) is 0 Å². The third kappa shape index (κ3) is 3.99. The largest absolute Gasteiger partial charge is 0.280 e. The third-order valence-corrected chi connectivity index (χ3v) is 5.84. The number of rotatable bonds is 4. The highest BCUT2D eigenvalue weighted by Gasteiger charge is 2.33. The van der Waals surface area contributed by atoms with Gasteiger partial charge in [-0.25, -0.2) is 0 Å². The van der Waals surface area contributed by atoms with Gasteiger partial charge in [0.05, 0.1) is 6.04 Å². The number of benzene rings is 1. The summed E-state index contributed by atoms with van der Waals surface area (Å²) in [7, 11) is 0. The van der Waals surface area contributed by atoms with E-state index in [1.807, 2.05) is 0 Å². The second-order valence-electron chi connectivity index (χ2n) is 7.51. The van der Waals surface area contributed by atoms with Crippen LogP contribution in [0.5, 0.6) is 0 Å². The van der Waals surface area contributed by atoms with E-state index in [4.69, 9.17) is 6.42 Å². The zero-order valence-corrected chi connectivity index (χ0v) is 14.6. The van der Waals surface area contributed by atoms with Gasteiger partial charge in [-0.15, -0.1) is 6.42 Å². The smallest absolute Gasteiger partial charge is 0.0972 e. The molecule has 0 radical (unpaired) electrons. The van der Waals surface area contributed by atoms with E-state index in [1.54, 1.807) is 0 Å². The highest BCUT2D eigenvalue weighted by Crippen LogP contribution is 2.36. The van der Waals surface area contributed by atoms with Crippen LogP contribution in [0, 0.1) is 19.3 Å². The van der Waals surface area contributed by atoms with Crippen LogP contribution >= 0.6 is 0 Å². The molecule has 2 saturated carbocycles. The fraction of sp³-hybridized carbons (Fsp3) is 0.636. The number of nitrogens with zero attached hydrogens (tertiary/aromatic N) is 1. The van der Waals surface area contributed by atoms with E-state index >= 15 is 0 Å². The van der Waals surface area contributed by atoms with Crippen molar-refractivity contribution in [3.8, 4) is 12.3 Å². The first-order chi connectivity index (χ1) is 11.3. The number of hydrogen-bond donors (Lipinski definition) is 0. The first-order valence-corrected chi connectivity index (χ1v) is 9.59. The lowest BCUT2D eigenvalue weighted by atomic mass is 9.86. The lowest BCUT2D eigenvalue weighted by Gasteiger charge is -2.44. The quantitative estimate of drug-likeness (QED) is 0.651. The maximum absolute atomic E-state index is 6.07. The van der Waals surface area contributed by atoms with Gasteiger partial charge in [0, 0.05) is 12.1 Å². The van der Waals surface area contributed by atoms with Crippen LogP contribution in [0.3, 0.4) is 0 Å². The predicted octanol–water partition coefficient (Wildman–Crippen LogP) is 5.64. The summed E-state index contributed by atoms with van der Waals surface area (Å²) in [6, 6.07) is 10.4. The SMILES string of the molecule is C#CC(c1ccc(C)cc1)N(C1CCCCC1)C1CCCCC1. The Balaban J connectivity index is 1.87. The van der Waals surface area contributed by atoms with Gasteiger partial charge in [-0.1, -0.05) is 74.3 Å². The summed E-state index contributed by atoms with van der Waals surface area (Å²) in [6.45, 7) is 2.15. The van der Waals surface area contributed by atoms with Crippen LogP contribution in [0.25, 0.3) is 0 Å². The van der Waals surface area contributed by atoms with E-state index in [9.17, 15) is 0 Å². The summed E-state index contributed by atoms with van der Waals surface area (Å²) in [6.07, 6.45) is 19.7. The summed E-state index contributed by atoms with van der Waals surface area (Å²) >= 11 is 0. The molecule has 1 aromatic rings. The normalized spacial score (nSPS) is 22.0. The molecule has 1 nitrogen and oxygen atoms in total. The second-order valence-corrected chi connectivity index (χ2v) is 7.51. The van der Waals surface area contributed by atoms with Crippen molar-refractivity contribution in [1.82, 2.24) is 4.90 Å². The van der Waals surface area contributed by atoms with Gasteiger partial charge >= 0.3 is 0 Å². The molecule has 2 fully saturated rings. The van der Waals surface area contributed by atoms with Gasteiger partial charge in [0.1, 0.15) is 0 Å². The van der Waals surface area contributed by atoms with Gasteiger partial charge in [0.15, 0.2) is 0 Å². The van der Waals surface area contributed by atoms with Gasteiger partial charge < -0.3 is 0 Å². The van der Waals surface area contributed by atoms with Crippen molar-refractivity contribution in [3.63, 3.8) is 0 Å². The summed E-state index contributed by atoms with van der Waals surface area (Å²) in [5.41, 5.74) is 2.63. The molecule has 23 heavy (non-hydrogen) atoms. The van der Waals surface area contributed by atoms with Crippen LogP contribution in [0.2, 0.25) is 0 Å². The minimum absolute atomic E-state index is 0.154. The molecule has 124 valence electrons. The zero-order valence-electron chi connectivity index (χ0n) is 14.6. The Morgan fingerprint density at radius 2 is 1.35 bits per heavy atom. The third-order valence-electron chi connectivity index (χ3n) is 5.84. The van der Waals surface area contributed by atoms with Crippen LogP contribution < -0.4 is 0 Å². The minimum atomic E-state index is 0.154. The van der Waals surface area contributed by atoms with Crippen LogP contribution in [0.1, 0.15) is 81.4 Å². The predicted molar refractivity (Wildman–Crippen MR) is 98.3 cm³/mol. The fourth-order valence-electron chi connectivity index (χ4n) is 4.58. The van der Waals surface area contributed by atoms with Crippen molar-refractivity contribution < 1.29 is 0 Å². The molecular weight excluding hydrogens is 278 g/mol. The lowest BCUT2D eigenvalue weighted by Crippen LogP contribution is -2.46. The molecule has 0 saturated heterocycles. The van der Waals surface area contributed by atoms with E-state index in [0.29, 0.717) is 12.1 Å². The Kier molecular flexibility index (Phi) is 5.79. The van der Waals surface area contributed by atoms with Crippen LogP contribution in [-0.2, 0) is 0 Å². The van der Waals surface area contributed by atoms with Crippen LogP contribution in [0.4, 0.5) is 0 Å². The first-order valence-electron chi connectivity index (χ1n) is 9.59. The molecule has 2 aliphatic carbocycles. The monoisotopic (exact) mass is 309 g/mol. The maximum atomic E-state index is 6.07. The Morgan fingerprint density at radius 3 is 1.78 bits per heavy atom. The topological polar surface area (TPSA) is 3.24 Å². The number of terminal acetylenes is 1. The minimum Gasteiger partial charge on any atom is -0.280 e. The van der Waals surface area contributed by atoms with Crippen LogP contribution in [-0.4, -0.2) is 17.0 Å². The zero-order chi connectivity index (χ0) is 16.1. The molecule has 1 aromatic carbocycles. The van der Waals surface area contributed by atoms with Gasteiger partial charge in [-0.2, -0.15) is 0 Å². The summed E-state index contributed by atoms with van der Waals surface area (Å²) < 4.78 is 0. The molecule has 0 N–H and O–H groups in total. The Bertz CT molecular complexity index is 494. The van der Waals surface area contributed by atoms with Gasteiger partial charge in [0.25, 0.3) is 0 Å². The highest BCUT2D eigenvalue weighted by atomic mass is 15.2. The lowest BCUT2D eigenvalue weighted by molar-refractivity contribution is 0.0579. The van der Waals surface area contributed by atoms with E-state index in [2.05, 4.69) is 42.0 Å². The first kappa shape index (κ1) is 16.6. The van der Waals surface area contributed by atoms with Crippen molar-refractivity contribution >= 4 is 0 Å². The number of aryl methyl sites for hydroxylation is 1. The molecule has 1 heteroatoms. The van der Waals surface area contributed by atoms with Gasteiger partial charge in [0.2, 0.25) is 0 Å². The molecule has 0 bridgehead atoms. The molecule has 0 aromatic heterocycles. The highest BCUT2D eigenvalue weighted by molar-refractivity contribution is 5.29. The molecule has 0 heterocycles. The van der Waals surface area contributed by atoms with Crippen molar-refractivity contribution in [1.29, 1.82) is 0 Å². The van der Waals surface area contributed by atoms with Crippen LogP contribution in [0.15, 0.2) is 24.3 Å². The van der Waals surface area contributed by atoms with E-state index in [1.165, 1.54) is 75.3 Å². The van der Waals surface area contributed by atoms with Crippen molar-refractivity contribution in [2.75, 3.05) is 0 Å². The van der Waals surface area contributed by atoms with E-state index in [-0.39, 0.29) is 6.04 Å². The molecule has 1 atom stereocenters. The van der Waals surface area contributed by atoms with E-state index < -0.39 is 0 Å². The fourth-order valence-corrected chi connectivity index (χ4v) is 4.58. The molecule has 0 aliphatic heterocycles. The molecule has 1 unspecified atom stereocenters. The second kappa shape index (κ2) is 8.02. The standard InChI is InChI=1S/C22H31N/c1-3-22(19-16-14-18(2)15-17-19)23(20-10-6-4-7-11-20)21-12-8-5-9-13-21/h1,14-17,20-22H,4-13H2,2H3. The molecule has 3 rings (SSSR count). The Labute approximate surface area is 142 Å². The Hall–Kier alpha value is -1.26. The van der Waals surface area contributed by atoms with Gasteiger partial charge in [-0.3, -0.25) is 4.90 Å². The average Bonchev–Trinajstić information content (AvgIpc) is 2.62. The number of hydrogen-bond acceptors (Lipinski definition) is 1. The summed E-state index contributed by atoms with van der Waals surface area (Å²) in [5.74, 6) is 3.16. The summed E-state index contributed by atoms with van der Waals surface area (Å²) in [4.78, 5) is 2.75.